The number of hydrogen-bond donors (Lipinski definition) is 2. The molecule has 0 saturated heterocycles. The molecule has 2 N–H and O–H groups in total. The highest BCUT2D eigenvalue weighted by Gasteiger charge is 2.53. The molecule has 3 aliphatic rings. The summed E-state index contributed by atoms with van der Waals surface area (Å²) in [6, 6.07) is 0. The van der Waals surface area contributed by atoms with E-state index in [2.05, 4.69) is 5.32 Å². The molecule has 4 atom stereocenters. The first-order chi connectivity index (χ1) is 9.08. The summed E-state index contributed by atoms with van der Waals surface area (Å²) in [5.41, 5.74) is 1.84. The van der Waals surface area contributed by atoms with Crippen LogP contribution in [0.1, 0.15) is 45.4 Å². The van der Waals surface area contributed by atoms with Crippen molar-refractivity contribution in [3.8, 4) is 0 Å². The zero-order chi connectivity index (χ0) is 13.6. The van der Waals surface area contributed by atoms with Crippen molar-refractivity contribution in [2.24, 2.45) is 11.8 Å². The molecule has 0 radical (unpaired) electrons. The Kier molecular flexibility index (Phi) is 3.18. The molecule has 3 rings (SSSR count). The average Bonchev–Trinajstić information content (AvgIpc) is 2.40. The van der Waals surface area contributed by atoms with Crippen LogP contribution in [0.4, 0.5) is 0 Å². The number of ether oxygens (including phenoxy) is 1. The number of nitrogens with one attached hydrogen (secondary N) is 1. The second-order valence-electron chi connectivity index (χ2n) is 6.16. The maximum absolute atomic E-state index is 11.9. The lowest BCUT2D eigenvalue weighted by Gasteiger charge is -2.52. The lowest BCUT2D eigenvalue weighted by Crippen LogP contribution is -2.56. The van der Waals surface area contributed by atoms with Gasteiger partial charge in [0.2, 0.25) is 0 Å². The topological polar surface area (TPSA) is 58.6 Å². The van der Waals surface area contributed by atoms with E-state index in [1.807, 2.05) is 6.92 Å². The van der Waals surface area contributed by atoms with Gasteiger partial charge in [0, 0.05) is 37.5 Å². The van der Waals surface area contributed by atoms with E-state index in [9.17, 15) is 9.90 Å². The van der Waals surface area contributed by atoms with Gasteiger partial charge in [0.15, 0.2) is 0 Å². The fraction of sp³-hybridized carbons (Fsp3) is 0.800. The van der Waals surface area contributed by atoms with Crippen LogP contribution in [0.5, 0.6) is 0 Å². The number of Topliss-reactive ketones (excluding diaryl/α,β-unsaturated/α-hetero) is 1. The number of methoxy groups -OCH3 is 1. The Morgan fingerprint density at radius 3 is 2.89 bits per heavy atom. The first-order valence-electron chi connectivity index (χ1n) is 7.33. The average molecular weight is 265 g/mol. The van der Waals surface area contributed by atoms with Crippen LogP contribution in [0, 0.1) is 11.8 Å². The van der Waals surface area contributed by atoms with Crippen LogP contribution in [0.25, 0.3) is 0 Å². The summed E-state index contributed by atoms with van der Waals surface area (Å²) in [4.78, 5) is 11.9. The molecule has 0 aromatic heterocycles. The summed E-state index contributed by atoms with van der Waals surface area (Å²) < 4.78 is 5.39. The monoisotopic (exact) mass is 265 g/mol. The van der Waals surface area contributed by atoms with Gasteiger partial charge in [0.1, 0.15) is 12.0 Å². The molecule has 4 nitrogen and oxygen atoms in total. The van der Waals surface area contributed by atoms with E-state index in [0.717, 1.165) is 25.7 Å². The van der Waals surface area contributed by atoms with E-state index in [0.29, 0.717) is 18.6 Å². The molecule has 2 bridgehead atoms. The third kappa shape index (κ3) is 1.93. The standard InChI is InChI=1S/C15H23NO3/c1-3-15(18)9-6-10(17)8-12(15)11-4-5-14(19-2)16-13(11)7-9/h9,12,14,16,18H,3-8H2,1-2H3/t9?,12-,14-,15?/m0/s1. The van der Waals surface area contributed by atoms with Gasteiger partial charge in [-0.25, -0.2) is 0 Å². The van der Waals surface area contributed by atoms with E-state index in [-0.39, 0.29) is 18.1 Å². The maximum atomic E-state index is 11.9. The van der Waals surface area contributed by atoms with Crippen LogP contribution in [0.3, 0.4) is 0 Å². The summed E-state index contributed by atoms with van der Waals surface area (Å²) >= 11 is 0. The number of ketones is 1. The maximum Gasteiger partial charge on any atom is 0.134 e. The zero-order valence-electron chi connectivity index (χ0n) is 11.7. The van der Waals surface area contributed by atoms with Crippen molar-refractivity contribution >= 4 is 5.78 Å². The summed E-state index contributed by atoms with van der Waals surface area (Å²) in [5.74, 6) is 0.414. The Labute approximate surface area is 114 Å². The number of allylic oxidation sites excluding steroid dienone is 1. The van der Waals surface area contributed by atoms with Crippen molar-refractivity contribution < 1.29 is 14.6 Å². The smallest absolute Gasteiger partial charge is 0.134 e. The molecule has 0 spiro atoms. The molecule has 2 aliphatic carbocycles. The summed E-state index contributed by atoms with van der Waals surface area (Å²) in [5, 5.41) is 14.4. The highest BCUT2D eigenvalue weighted by Crippen LogP contribution is 2.51. The Morgan fingerprint density at radius 1 is 1.42 bits per heavy atom. The number of carbonyl (C=O) groups is 1. The van der Waals surface area contributed by atoms with Gasteiger partial charge in [-0.3, -0.25) is 4.79 Å². The van der Waals surface area contributed by atoms with Crippen LogP contribution >= 0.6 is 0 Å². The minimum absolute atomic E-state index is 0.0257. The van der Waals surface area contributed by atoms with E-state index < -0.39 is 5.60 Å². The molecule has 1 aliphatic heterocycles. The summed E-state index contributed by atoms with van der Waals surface area (Å²) in [6.07, 6.45) is 4.51. The van der Waals surface area contributed by atoms with Crippen LogP contribution in [0.2, 0.25) is 0 Å². The molecule has 2 unspecified atom stereocenters. The Balaban J connectivity index is 1.97. The van der Waals surface area contributed by atoms with E-state index in [1.165, 1.54) is 11.3 Å². The molecule has 1 saturated carbocycles. The summed E-state index contributed by atoms with van der Waals surface area (Å²) in [7, 11) is 1.72. The fourth-order valence-electron chi connectivity index (χ4n) is 4.23. The molecule has 0 aromatic rings. The first kappa shape index (κ1) is 13.1. The third-order valence-electron chi connectivity index (χ3n) is 5.34. The SMILES string of the molecule is CCC1(O)C2CC(=O)C[C@H]1C1=C(C2)N[C@@H](OC)CC1. The van der Waals surface area contributed by atoms with Gasteiger partial charge in [-0.05, 0) is 31.3 Å². The van der Waals surface area contributed by atoms with Gasteiger partial charge in [0.25, 0.3) is 0 Å². The normalized spacial score (nSPS) is 41.8. The number of aliphatic hydroxyl groups is 1. The van der Waals surface area contributed by atoms with Gasteiger partial charge < -0.3 is 15.2 Å². The van der Waals surface area contributed by atoms with Gasteiger partial charge in [-0.2, -0.15) is 0 Å². The molecule has 0 amide bonds. The number of rotatable bonds is 2. The lowest BCUT2D eigenvalue weighted by atomic mass is 9.58. The molecule has 1 fully saturated rings. The van der Waals surface area contributed by atoms with Gasteiger partial charge in [-0.15, -0.1) is 0 Å². The predicted molar refractivity (Wildman–Crippen MR) is 71.3 cm³/mol. The quantitative estimate of drug-likeness (QED) is 0.798. The minimum Gasteiger partial charge on any atom is -0.389 e. The molecule has 4 heteroatoms. The molecular formula is C15H23NO3. The second-order valence-corrected chi connectivity index (χ2v) is 6.16. The van der Waals surface area contributed by atoms with Gasteiger partial charge in [0.05, 0.1) is 5.60 Å². The van der Waals surface area contributed by atoms with E-state index in [4.69, 9.17) is 4.74 Å². The highest BCUT2D eigenvalue weighted by molar-refractivity contribution is 5.81. The second kappa shape index (κ2) is 4.60. The predicted octanol–water partition coefficient (Wildman–Crippen LogP) is 1.74. The number of carbonyl (C=O) groups excluding carboxylic acids is 1. The van der Waals surface area contributed by atoms with Crippen molar-refractivity contribution in [1.82, 2.24) is 5.32 Å². The molecular weight excluding hydrogens is 242 g/mol. The minimum atomic E-state index is -0.672. The zero-order valence-corrected chi connectivity index (χ0v) is 11.7. The third-order valence-corrected chi connectivity index (χ3v) is 5.34. The van der Waals surface area contributed by atoms with Gasteiger partial charge >= 0.3 is 0 Å². The van der Waals surface area contributed by atoms with Crippen LogP contribution < -0.4 is 5.32 Å². The summed E-state index contributed by atoms with van der Waals surface area (Å²) in [6.45, 7) is 2.04. The van der Waals surface area contributed by atoms with Crippen LogP contribution in [-0.2, 0) is 9.53 Å². The lowest BCUT2D eigenvalue weighted by molar-refractivity contribution is -0.141. The highest BCUT2D eigenvalue weighted by atomic mass is 16.5. The van der Waals surface area contributed by atoms with Crippen LogP contribution in [0.15, 0.2) is 11.3 Å². The molecule has 0 aromatic carbocycles. The van der Waals surface area contributed by atoms with Crippen molar-refractivity contribution in [3.63, 3.8) is 0 Å². The molecule has 1 heterocycles. The van der Waals surface area contributed by atoms with Gasteiger partial charge in [-0.1, -0.05) is 6.92 Å². The van der Waals surface area contributed by atoms with Crippen LogP contribution in [-0.4, -0.2) is 29.8 Å². The van der Waals surface area contributed by atoms with E-state index >= 15 is 0 Å². The Bertz CT molecular complexity index is 431. The molecule has 106 valence electrons. The Hall–Kier alpha value is -0.870. The Morgan fingerprint density at radius 2 is 2.21 bits per heavy atom. The van der Waals surface area contributed by atoms with Crippen molar-refractivity contribution in [2.45, 2.75) is 57.3 Å². The first-order valence-corrected chi connectivity index (χ1v) is 7.33. The fourth-order valence-corrected chi connectivity index (χ4v) is 4.23. The van der Waals surface area contributed by atoms with E-state index in [1.54, 1.807) is 7.11 Å². The number of fused-ring (bicyclic) bond motifs is 3. The number of hydrogen-bond acceptors (Lipinski definition) is 4. The van der Waals surface area contributed by atoms with Crippen molar-refractivity contribution in [3.05, 3.63) is 11.3 Å². The molecule has 19 heavy (non-hydrogen) atoms. The largest absolute Gasteiger partial charge is 0.389 e. The van der Waals surface area contributed by atoms with Crippen molar-refractivity contribution in [2.75, 3.05) is 7.11 Å². The van der Waals surface area contributed by atoms with Crippen molar-refractivity contribution in [1.29, 1.82) is 0 Å².